The Balaban J connectivity index is 1.68. The van der Waals surface area contributed by atoms with Crippen LogP contribution in [0.3, 0.4) is 0 Å². The zero-order chi connectivity index (χ0) is 15.8. The summed E-state index contributed by atoms with van der Waals surface area (Å²) in [4.78, 5) is 15.9. The number of amides is 1. The molecule has 0 saturated carbocycles. The average Bonchev–Trinajstić information content (AvgIpc) is 2.55. The minimum atomic E-state index is 0.00906. The number of halogens is 1. The fraction of sp³-hybridized carbons (Fsp3) is 0.250. The van der Waals surface area contributed by atoms with Crippen LogP contribution in [0.25, 0.3) is 0 Å². The number of ether oxygens (including phenoxy) is 1. The molecule has 4 nitrogen and oxygen atoms in total. The zero-order valence-electron chi connectivity index (χ0n) is 12.2. The third-order valence-corrected chi connectivity index (χ3v) is 4.17. The van der Waals surface area contributed by atoms with Gasteiger partial charge in [0.05, 0.1) is 12.9 Å². The van der Waals surface area contributed by atoms with Crippen molar-refractivity contribution >= 4 is 29.3 Å². The molecule has 1 heterocycles. The second kappa shape index (κ2) is 8.66. The first-order valence-corrected chi connectivity index (χ1v) is 8.28. The third-order valence-electron chi connectivity index (χ3n) is 2.91. The Kier molecular flexibility index (Phi) is 6.55. The molecule has 6 heteroatoms. The predicted molar refractivity (Wildman–Crippen MR) is 90.2 cm³/mol. The van der Waals surface area contributed by atoms with E-state index in [1.807, 2.05) is 30.3 Å². The first-order valence-electron chi connectivity index (χ1n) is 6.75. The Bertz CT molecular complexity index is 603. The second-order valence-electron chi connectivity index (χ2n) is 4.60. The van der Waals surface area contributed by atoms with Crippen molar-refractivity contribution < 1.29 is 9.53 Å². The SMILES string of the molecule is COc1ccc(CNC(=O)CSCc2ccc(Cl)cc2)cn1. The molecule has 0 atom stereocenters. The van der Waals surface area contributed by atoms with E-state index in [1.165, 1.54) is 0 Å². The normalized spacial score (nSPS) is 10.3. The smallest absolute Gasteiger partial charge is 0.230 e. The van der Waals surface area contributed by atoms with E-state index in [2.05, 4.69) is 10.3 Å². The highest BCUT2D eigenvalue weighted by Crippen LogP contribution is 2.15. The van der Waals surface area contributed by atoms with E-state index in [0.29, 0.717) is 18.2 Å². The van der Waals surface area contributed by atoms with E-state index in [4.69, 9.17) is 16.3 Å². The molecule has 1 amide bonds. The number of thioether (sulfide) groups is 1. The molecule has 0 unspecified atom stereocenters. The number of nitrogens with zero attached hydrogens (tertiary/aromatic N) is 1. The number of pyridine rings is 1. The Hall–Kier alpha value is -1.72. The second-order valence-corrected chi connectivity index (χ2v) is 6.03. The van der Waals surface area contributed by atoms with Gasteiger partial charge >= 0.3 is 0 Å². The monoisotopic (exact) mass is 336 g/mol. The van der Waals surface area contributed by atoms with E-state index in [1.54, 1.807) is 31.1 Å². The number of methoxy groups -OCH3 is 1. The summed E-state index contributed by atoms with van der Waals surface area (Å²) in [6, 6.07) is 11.3. The van der Waals surface area contributed by atoms with Gasteiger partial charge in [0, 0.05) is 29.6 Å². The Morgan fingerprint density at radius 3 is 2.59 bits per heavy atom. The molecule has 2 aromatic rings. The molecule has 0 saturated heterocycles. The largest absolute Gasteiger partial charge is 0.481 e. The van der Waals surface area contributed by atoms with Gasteiger partial charge in [0.1, 0.15) is 0 Å². The first kappa shape index (κ1) is 16.6. The van der Waals surface area contributed by atoms with Gasteiger partial charge in [-0.25, -0.2) is 4.98 Å². The van der Waals surface area contributed by atoms with Crippen molar-refractivity contribution in [2.75, 3.05) is 12.9 Å². The number of hydrogen-bond acceptors (Lipinski definition) is 4. The number of benzene rings is 1. The molecule has 0 aliphatic heterocycles. The van der Waals surface area contributed by atoms with Crippen LogP contribution in [0.5, 0.6) is 5.88 Å². The molecule has 0 aliphatic rings. The van der Waals surface area contributed by atoms with Crippen LogP contribution in [0.1, 0.15) is 11.1 Å². The molecule has 0 aliphatic carbocycles. The summed E-state index contributed by atoms with van der Waals surface area (Å²) in [5.41, 5.74) is 2.10. The van der Waals surface area contributed by atoms with Crippen molar-refractivity contribution in [3.63, 3.8) is 0 Å². The van der Waals surface area contributed by atoms with Crippen molar-refractivity contribution in [3.05, 3.63) is 58.7 Å². The van der Waals surface area contributed by atoms with Crippen molar-refractivity contribution in [1.29, 1.82) is 0 Å². The highest BCUT2D eigenvalue weighted by Gasteiger charge is 2.03. The molecule has 0 fully saturated rings. The molecule has 0 radical (unpaired) electrons. The molecule has 0 bridgehead atoms. The van der Waals surface area contributed by atoms with Crippen molar-refractivity contribution in [1.82, 2.24) is 10.3 Å². The molecule has 22 heavy (non-hydrogen) atoms. The van der Waals surface area contributed by atoms with Crippen LogP contribution >= 0.6 is 23.4 Å². The fourth-order valence-electron chi connectivity index (χ4n) is 1.73. The summed E-state index contributed by atoms with van der Waals surface area (Å²) in [6.07, 6.45) is 1.69. The van der Waals surface area contributed by atoms with Gasteiger partial charge in [-0.05, 0) is 23.3 Å². The molecule has 0 spiro atoms. The lowest BCUT2D eigenvalue weighted by molar-refractivity contribution is -0.118. The summed E-state index contributed by atoms with van der Waals surface area (Å²) in [5.74, 6) is 1.78. The quantitative estimate of drug-likeness (QED) is 0.843. The summed E-state index contributed by atoms with van der Waals surface area (Å²) < 4.78 is 4.99. The highest BCUT2D eigenvalue weighted by molar-refractivity contribution is 7.99. The standard InChI is InChI=1S/C16H17ClN2O2S/c1-21-16-7-4-13(9-19-16)8-18-15(20)11-22-10-12-2-5-14(17)6-3-12/h2-7,9H,8,10-11H2,1H3,(H,18,20). The molecule has 1 N–H and O–H groups in total. The van der Waals surface area contributed by atoms with Crippen LogP contribution in [0.15, 0.2) is 42.6 Å². The van der Waals surface area contributed by atoms with Crippen LogP contribution in [0, 0.1) is 0 Å². The third kappa shape index (κ3) is 5.58. The summed E-state index contributed by atoms with van der Waals surface area (Å²) in [5, 5.41) is 3.59. The average molecular weight is 337 g/mol. The van der Waals surface area contributed by atoms with Crippen LogP contribution in [-0.2, 0) is 17.1 Å². The minimum Gasteiger partial charge on any atom is -0.481 e. The maximum atomic E-state index is 11.8. The van der Waals surface area contributed by atoms with Crippen molar-refractivity contribution in [2.45, 2.75) is 12.3 Å². The lowest BCUT2D eigenvalue weighted by atomic mass is 10.2. The molecule has 1 aromatic heterocycles. The molecule has 2 rings (SSSR count). The number of aromatic nitrogens is 1. The zero-order valence-corrected chi connectivity index (χ0v) is 13.8. The van der Waals surface area contributed by atoms with Gasteiger partial charge in [0.2, 0.25) is 11.8 Å². The van der Waals surface area contributed by atoms with Gasteiger partial charge in [0.25, 0.3) is 0 Å². The van der Waals surface area contributed by atoms with Gasteiger partial charge in [-0.1, -0.05) is 29.8 Å². The van der Waals surface area contributed by atoms with Crippen LogP contribution in [0.4, 0.5) is 0 Å². The van der Waals surface area contributed by atoms with E-state index in [0.717, 1.165) is 21.9 Å². The lowest BCUT2D eigenvalue weighted by Gasteiger charge is -2.06. The van der Waals surface area contributed by atoms with Gasteiger partial charge in [-0.2, -0.15) is 0 Å². The van der Waals surface area contributed by atoms with E-state index in [-0.39, 0.29) is 5.91 Å². The Morgan fingerprint density at radius 1 is 1.23 bits per heavy atom. The van der Waals surface area contributed by atoms with Crippen molar-refractivity contribution in [3.8, 4) is 5.88 Å². The van der Waals surface area contributed by atoms with Crippen LogP contribution in [0.2, 0.25) is 5.02 Å². The van der Waals surface area contributed by atoms with Crippen LogP contribution in [-0.4, -0.2) is 23.8 Å². The summed E-state index contributed by atoms with van der Waals surface area (Å²) >= 11 is 7.40. The summed E-state index contributed by atoms with van der Waals surface area (Å²) in [6.45, 7) is 0.470. The maximum absolute atomic E-state index is 11.8. The van der Waals surface area contributed by atoms with E-state index >= 15 is 0 Å². The van der Waals surface area contributed by atoms with Crippen molar-refractivity contribution in [2.24, 2.45) is 0 Å². The van der Waals surface area contributed by atoms with Gasteiger partial charge in [-0.15, -0.1) is 11.8 Å². The van der Waals surface area contributed by atoms with Gasteiger partial charge < -0.3 is 10.1 Å². The molecular weight excluding hydrogens is 320 g/mol. The molecule has 1 aromatic carbocycles. The number of rotatable bonds is 7. The maximum Gasteiger partial charge on any atom is 0.230 e. The number of carbonyl (C=O) groups excluding carboxylic acids is 1. The topological polar surface area (TPSA) is 51.2 Å². The Labute approximate surface area is 139 Å². The van der Waals surface area contributed by atoms with Crippen LogP contribution < -0.4 is 10.1 Å². The number of carbonyl (C=O) groups is 1. The van der Waals surface area contributed by atoms with E-state index in [9.17, 15) is 4.79 Å². The predicted octanol–water partition coefficient (Wildman–Crippen LogP) is 3.29. The van der Waals surface area contributed by atoms with Gasteiger partial charge in [-0.3, -0.25) is 4.79 Å². The van der Waals surface area contributed by atoms with Gasteiger partial charge in [0.15, 0.2) is 0 Å². The molecule has 116 valence electrons. The Morgan fingerprint density at radius 2 is 1.95 bits per heavy atom. The minimum absolute atomic E-state index is 0.00906. The van der Waals surface area contributed by atoms with E-state index < -0.39 is 0 Å². The number of hydrogen-bond donors (Lipinski definition) is 1. The lowest BCUT2D eigenvalue weighted by Crippen LogP contribution is -2.24. The summed E-state index contributed by atoms with van der Waals surface area (Å²) in [7, 11) is 1.57. The molecular formula is C16H17ClN2O2S. The highest BCUT2D eigenvalue weighted by atomic mass is 35.5. The number of nitrogens with one attached hydrogen (secondary N) is 1. The fourth-order valence-corrected chi connectivity index (χ4v) is 2.67. The first-order chi connectivity index (χ1) is 10.7.